The third-order valence-corrected chi connectivity index (χ3v) is 3.44. The molecule has 0 aliphatic heterocycles. The molecule has 0 amide bonds. The van der Waals surface area contributed by atoms with E-state index >= 15 is 0 Å². The molecule has 2 aromatic rings. The van der Waals surface area contributed by atoms with E-state index in [0.717, 1.165) is 13.0 Å². The molecule has 0 bridgehead atoms. The molecule has 2 rings (SSSR count). The van der Waals surface area contributed by atoms with Gasteiger partial charge in [-0.15, -0.1) is 0 Å². The molecule has 0 radical (unpaired) electrons. The second kappa shape index (κ2) is 8.79. The number of aliphatic hydroxyl groups is 1. The molecule has 2 heterocycles. The molecule has 0 unspecified atom stereocenters. The van der Waals surface area contributed by atoms with Crippen LogP contribution in [0.4, 0.5) is 23.5 Å². The highest BCUT2D eigenvalue weighted by atomic mass is 16.3. The van der Waals surface area contributed by atoms with Gasteiger partial charge < -0.3 is 26.4 Å². The van der Waals surface area contributed by atoms with Crippen molar-refractivity contribution in [1.82, 2.24) is 19.9 Å². The van der Waals surface area contributed by atoms with Crippen molar-refractivity contribution in [3.63, 3.8) is 0 Å². The van der Waals surface area contributed by atoms with Crippen molar-refractivity contribution in [2.24, 2.45) is 0 Å². The Balaban J connectivity index is 2.53. The molecule has 0 spiro atoms. The first-order chi connectivity index (χ1) is 12.4. The standard InChI is InChI=1S/C17H30N8O/c1-6-9-20-15-22-11-12(13(24-15)18-7-2)23-16(21-10-17(4,5)26)25-14(11)19-8-3/h26H,6-10H2,1-5H3,(H2,18,20,22,24)(H2,19,21,23,25). The van der Waals surface area contributed by atoms with E-state index in [1.165, 1.54) is 0 Å². The summed E-state index contributed by atoms with van der Waals surface area (Å²) in [4.78, 5) is 18.2. The molecule has 2 aromatic heterocycles. The monoisotopic (exact) mass is 362 g/mol. The maximum absolute atomic E-state index is 9.94. The van der Waals surface area contributed by atoms with Crippen LogP contribution in [0.5, 0.6) is 0 Å². The molecule has 0 aliphatic rings. The van der Waals surface area contributed by atoms with Crippen molar-refractivity contribution in [3.05, 3.63) is 0 Å². The number of hydrogen-bond acceptors (Lipinski definition) is 9. The van der Waals surface area contributed by atoms with Crippen molar-refractivity contribution in [2.75, 3.05) is 47.4 Å². The molecule has 0 saturated heterocycles. The van der Waals surface area contributed by atoms with Gasteiger partial charge in [0.15, 0.2) is 11.6 Å². The van der Waals surface area contributed by atoms with Crippen LogP contribution in [0.25, 0.3) is 11.0 Å². The number of nitrogens with one attached hydrogen (secondary N) is 4. The van der Waals surface area contributed by atoms with Crippen LogP contribution in [0.1, 0.15) is 41.0 Å². The molecule has 5 N–H and O–H groups in total. The van der Waals surface area contributed by atoms with Crippen LogP contribution in [-0.4, -0.2) is 56.8 Å². The smallest absolute Gasteiger partial charge is 0.225 e. The lowest BCUT2D eigenvalue weighted by atomic mass is 10.1. The highest BCUT2D eigenvalue weighted by Crippen LogP contribution is 2.27. The van der Waals surface area contributed by atoms with Crippen LogP contribution >= 0.6 is 0 Å². The summed E-state index contributed by atoms with van der Waals surface area (Å²) >= 11 is 0. The number of aromatic nitrogens is 4. The average molecular weight is 362 g/mol. The fourth-order valence-corrected chi connectivity index (χ4v) is 2.29. The largest absolute Gasteiger partial charge is 0.389 e. The van der Waals surface area contributed by atoms with Crippen LogP contribution < -0.4 is 21.3 Å². The Bertz CT molecular complexity index is 729. The van der Waals surface area contributed by atoms with Gasteiger partial charge in [0, 0.05) is 26.2 Å². The fourth-order valence-electron chi connectivity index (χ4n) is 2.29. The van der Waals surface area contributed by atoms with E-state index in [0.29, 0.717) is 54.2 Å². The van der Waals surface area contributed by atoms with E-state index in [2.05, 4.69) is 48.1 Å². The van der Waals surface area contributed by atoms with E-state index < -0.39 is 5.60 Å². The van der Waals surface area contributed by atoms with Crippen LogP contribution in [0.15, 0.2) is 0 Å². The number of hydrogen-bond donors (Lipinski definition) is 5. The van der Waals surface area contributed by atoms with Crippen LogP contribution in [0.2, 0.25) is 0 Å². The number of rotatable bonds is 10. The Morgan fingerprint density at radius 1 is 0.769 bits per heavy atom. The lowest BCUT2D eigenvalue weighted by Crippen LogP contribution is -2.30. The summed E-state index contributed by atoms with van der Waals surface area (Å²) in [6, 6.07) is 0. The summed E-state index contributed by atoms with van der Waals surface area (Å²) in [5, 5.41) is 22.7. The van der Waals surface area contributed by atoms with Crippen LogP contribution in [0.3, 0.4) is 0 Å². The topological polar surface area (TPSA) is 120 Å². The fraction of sp³-hybridized carbons (Fsp3) is 0.647. The van der Waals surface area contributed by atoms with Gasteiger partial charge in [-0.05, 0) is 34.1 Å². The van der Waals surface area contributed by atoms with Crippen molar-refractivity contribution < 1.29 is 5.11 Å². The van der Waals surface area contributed by atoms with Gasteiger partial charge >= 0.3 is 0 Å². The van der Waals surface area contributed by atoms with Crippen LogP contribution in [0, 0.1) is 0 Å². The second-order valence-electron chi connectivity index (χ2n) is 6.64. The van der Waals surface area contributed by atoms with E-state index in [1.54, 1.807) is 13.8 Å². The molecule has 0 fully saturated rings. The van der Waals surface area contributed by atoms with Gasteiger partial charge in [0.05, 0.1) is 5.60 Å². The average Bonchev–Trinajstić information content (AvgIpc) is 2.58. The maximum Gasteiger partial charge on any atom is 0.225 e. The summed E-state index contributed by atoms with van der Waals surface area (Å²) in [5.74, 6) is 2.27. The van der Waals surface area contributed by atoms with Gasteiger partial charge in [0.25, 0.3) is 0 Å². The lowest BCUT2D eigenvalue weighted by molar-refractivity contribution is 0.0943. The summed E-state index contributed by atoms with van der Waals surface area (Å²) in [6.45, 7) is 12.1. The van der Waals surface area contributed by atoms with Gasteiger partial charge in [-0.2, -0.15) is 9.97 Å². The molecule has 0 saturated carbocycles. The molecular weight excluding hydrogens is 332 g/mol. The van der Waals surface area contributed by atoms with Gasteiger partial charge in [-0.1, -0.05) is 6.92 Å². The van der Waals surface area contributed by atoms with E-state index in [9.17, 15) is 5.11 Å². The zero-order valence-corrected chi connectivity index (χ0v) is 16.3. The van der Waals surface area contributed by atoms with Gasteiger partial charge in [-0.25, -0.2) is 9.97 Å². The minimum Gasteiger partial charge on any atom is -0.389 e. The predicted octanol–water partition coefficient (Wildman–Crippen LogP) is 2.29. The molecule has 0 aromatic carbocycles. The SMILES string of the molecule is CCCNc1nc(NCC)c2nc(NCC(C)(C)O)nc(NCC)c2n1. The third kappa shape index (κ3) is 5.29. The summed E-state index contributed by atoms with van der Waals surface area (Å²) < 4.78 is 0. The Morgan fingerprint density at radius 2 is 1.27 bits per heavy atom. The Morgan fingerprint density at radius 3 is 1.69 bits per heavy atom. The van der Waals surface area contributed by atoms with Crippen molar-refractivity contribution >= 4 is 34.6 Å². The second-order valence-corrected chi connectivity index (χ2v) is 6.64. The zero-order chi connectivity index (χ0) is 19.2. The number of fused-ring (bicyclic) bond motifs is 1. The highest BCUT2D eigenvalue weighted by Gasteiger charge is 2.17. The lowest BCUT2D eigenvalue weighted by Gasteiger charge is -2.19. The molecule has 144 valence electrons. The minimum absolute atomic E-state index is 0.331. The Labute approximate surface area is 154 Å². The van der Waals surface area contributed by atoms with Crippen molar-refractivity contribution in [1.29, 1.82) is 0 Å². The van der Waals surface area contributed by atoms with Crippen molar-refractivity contribution in [3.8, 4) is 0 Å². The molecule has 0 aliphatic carbocycles. The molecule has 9 nitrogen and oxygen atoms in total. The first-order valence-electron chi connectivity index (χ1n) is 9.15. The summed E-state index contributed by atoms with van der Waals surface area (Å²) in [5.41, 5.74) is 0.425. The molecule has 26 heavy (non-hydrogen) atoms. The summed E-state index contributed by atoms with van der Waals surface area (Å²) in [7, 11) is 0. The Kier molecular flexibility index (Phi) is 6.73. The zero-order valence-electron chi connectivity index (χ0n) is 16.3. The highest BCUT2D eigenvalue weighted by molar-refractivity contribution is 5.94. The van der Waals surface area contributed by atoms with Gasteiger partial charge in [0.2, 0.25) is 11.9 Å². The minimum atomic E-state index is -0.869. The summed E-state index contributed by atoms with van der Waals surface area (Å²) in [6.07, 6.45) is 0.980. The van der Waals surface area contributed by atoms with E-state index in [4.69, 9.17) is 0 Å². The van der Waals surface area contributed by atoms with E-state index in [-0.39, 0.29) is 0 Å². The Hall–Kier alpha value is -2.42. The normalized spacial score (nSPS) is 11.5. The third-order valence-electron chi connectivity index (χ3n) is 3.44. The molecular formula is C17H30N8O. The van der Waals surface area contributed by atoms with Gasteiger partial charge in [0.1, 0.15) is 11.0 Å². The first kappa shape index (κ1) is 19.9. The quantitative estimate of drug-likeness (QED) is 0.433. The molecule has 0 atom stereocenters. The first-order valence-corrected chi connectivity index (χ1v) is 9.15. The molecule has 9 heteroatoms. The van der Waals surface area contributed by atoms with E-state index in [1.807, 2.05) is 13.8 Å². The maximum atomic E-state index is 9.94. The predicted molar refractivity (Wildman–Crippen MR) is 107 cm³/mol. The van der Waals surface area contributed by atoms with Crippen molar-refractivity contribution in [2.45, 2.75) is 46.6 Å². The number of anilines is 4. The van der Waals surface area contributed by atoms with Crippen LogP contribution in [-0.2, 0) is 0 Å². The number of nitrogens with zero attached hydrogens (tertiary/aromatic N) is 4. The van der Waals surface area contributed by atoms with Gasteiger partial charge in [-0.3, -0.25) is 0 Å².